The predicted molar refractivity (Wildman–Crippen MR) is 118 cm³/mol. The third kappa shape index (κ3) is 3.34. The first-order valence-electron chi connectivity index (χ1n) is 11.2. The molecule has 4 nitrogen and oxygen atoms in total. The number of nitrogens with zero attached hydrogens (tertiary/aromatic N) is 4. The number of aromatic nitrogens is 4. The molecule has 0 unspecified atom stereocenters. The molecule has 1 aromatic carbocycles. The Labute approximate surface area is 177 Å². The quantitative estimate of drug-likeness (QED) is 0.538. The topological polar surface area (TPSA) is 43.6 Å². The summed E-state index contributed by atoms with van der Waals surface area (Å²) in [5.41, 5.74) is 5.40. The van der Waals surface area contributed by atoms with Crippen molar-refractivity contribution in [2.45, 2.75) is 71.8 Å². The van der Waals surface area contributed by atoms with Gasteiger partial charge in [-0.2, -0.15) is 0 Å². The van der Waals surface area contributed by atoms with E-state index in [4.69, 9.17) is 9.97 Å². The van der Waals surface area contributed by atoms with Crippen LogP contribution in [0.4, 0.5) is 4.39 Å². The molecule has 1 fully saturated rings. The highest BCUT2D eigenvalue weighted by Crippen LogP contribution is 2.34. The van der Waals surface area contributed by atoms with Crippen LogP contribution in [0.3, 0.4) is 0 Å². The number of fused-ring (bicyclic) bond motifs is 2. The van der Waals surface area contributed by atoms with Crippen LogP contribution in [0.5, 0.6) is 0 Å². The molecule has 5 heteroatoms. The number of allylic oxidation sites excluding steroid dienone is 1. The van der Waals surface area contributed by atoms with E-state index in [9.17, 15) is 0 Å². The highest BCUT2D eigenvalue weighted by atomic mass is 19.1. The summed E-state index contributed by atoms with van der Waals surface area (Å²) in [4.78, 5) is 14.1. The highest BCUT2D eigenvalue weighted by molar-refractivity contribution is 5.87. The SMILES string of the molecule is Cc1nc2c(F)cc(C3=CCCCc4nc(CC5CCC5)ncc43)cc2n1C(C)C. The van der Waals surface area contributed by atoms with E-state index >= 15 is 4.39 Å². The third-order valence-corrected chi connectivity index (χ3v) is 6.62. The molecule has 5 rings (SSSR count). The maximum Gasteiger partial charge on any atom is 0.151 e. The van der Waals surface area contributed by atoms with E-state index in [-0.39, 0.29) is 11.9 Å². The van der Waals surface area contributed by atoms with E-state index in [1.807, 2.05) is 13.1 Å². The van der Waals surface area contributed by atoms with E-state index in [0.717, 1.165) is 71.2 Å². The van der Waals surface area contributed by atoms with Crippen molar-refractivity contribution in [3.63, 3.8) is 0 Å². The van der Waals surface area contributed by atoms with Gasteiger partial charge in [0.25, 0.3) is 0 Å². The molecule has 3 aromatic rings. The minimum atomic E-state index is -0.265. The van der Waals surface area contributed by atoms with Gasteiger partial charge in [0.15, 0.2) is 5.82 Å². The Morgan fingerprint density at radius 1 is 1.17 bits per heavy atom. The van der Waals surface area contributed by atoms with Crippen molar-refractivity contribution in [2.24, 2.45) is 5.92 Å². The third-order valence-electron chi connectivity index (χ3n) is 6.62. The van der Waals surface area contributed by atoms with Crippen molar-refractivity contribution in [2.75, 3.05) is 0 Å². The van der Waals surface area contributed by atoms with Crippen molar-refractivity contribution >= 4 is 16.6 Å². The van der Waals surface area contributed by atoms with Crippen molar-refractivity contribution in [3.05, 3.63) is 58.7 Å². The lowest BCUT2D eigenvalue weighted by Gasteiger charge is -2.24. The molecule has 0 amide bonds. The monoisotopic (exact) mass is 404 g/mol. The Morgan fingerprint density at radius 3 is 2.73 bits per heavy atom. The number of halogens is 1. The molecule has 1 saturated carbocycles. The Balaban J connectivity index is 1.59. The van der Waals surface area contributed by atoms with Crippen molar-refractivity contribution in [3.8, 4) is 0 Å². The molecule has 156 valence electrons. The fourth-order valence-electron chi connectivity index (χ4n) is 4.90. The predicted octanol–water partition coefficient (Wildman–Crippen LogP) is 5.97. The summed E-state index contributed by atoms with van der Waals surface area (Å²) in [6, 6.07) is 3.93. The van der Waals surface area contributed by atoms with Crippen molar-refractivity contribution < 1.29 is 4.39 Å². The first-order chi connectivity index (χ1) is 14.5. The van der Waals surface area contributed by atoms with E-state index in [0.29, 0.717) is 5.52 Å². The first-order valence-corrected chi connectivity index (χ1v) is 11.2. The van der Waals surface area contributed by atoms with E-state index in [2.05, 4.69) is 35.5 Å². The van der Waals surface area contributed by atoms with E-state index in [1.165, 1.54) is 19.3 Å². The molecule has 0 bridgehead atoms. The van der Waals surface area contributed by atoms with Crippen LogP contribution in [0.25, 0.3) is 16.6 Å². The lowest BCUT2D eigenvalue weighted by atomic mass is 9.83. The standard InChI is InChI=1S/C25H29FN4/c1-15(2)30-16(3)28-25-21(26)12-18(13-23(25)30)19-9-4-5-10-22-20(19)14-27-24(29-22)11-17-7-6-8-17/h9,12-15,17H,4-8,10-11H2,1-3H3. The zero-order chi connectivity index (χ0) is 20.8. The fraction of sp³-hybridized carbons (Fsp3) is 0.480. The van der Waals surface area contributed by atoms with Crippen LogP contribution in [0, 0.1) is 18.7 Å². The minimum absolute atomic E-state index is 0.220. The maximum atomic E-state index is 15.1. The molecule has 2 aliphatic carbocycles. The van der Waals surface area contributed by atoms with Gasteiger partial charge in [-0.1, -0.05) is 25.3 Å². The van der Waals surface area contributed by atoms with Gasteiger partial charge in [-0.25, -0.2) is 19.3 Å². The Morgan fingerprint density at radius 2 is 2.00 bits per heavy atom. The molecule has 0 radical (unpaired) electrons. The summed E-state index contributed by atoms with van der Waals surface area (Å²) in [6.07, 6.45) is 12.1. The van der Waals surface area contributed by atoms with E-state index < -0.39 is 0 Å². The van der Waals surface area contributed by atoms with Gasteiger partial charge >= 0.3 is 0 Å². The van der Waals surface area contributed by atoms with Crippen LogP contribution in [0.1, 0.15) is 80.5 Å². The number of imidazole rings is 1. The smallest absolute Gasteiger partial charge is 0.151 e. The molecule has 2 aromatic heterocycles. The van der Waals surface area contributed by atoms with Crippen molar-refractivity contribution in [1.82, 2.24) is 19.5 Å². The van der Waals surface area contributed by atoms with Gasteiger partial charge in [0.2, 0.25) is 0 Å². The molecule has 2 heterocycles. The average Bonchev–Trinajstić information content (AvgIpc) is 2.88. The summed E-state index contributed by atoms with van der Waals surface area (Å²) < 4.78 is 17.2. The van der Waals surface area contributed by atoms with Gasteiger partial charge in [0, 0.05) is 24.2 Å². The molecule has 30 heavy (non-hydrogen) atoms. The second-order valence-electron chi connectivity index (χ2n) is 9.11. The summed E-state index contributed by atoms with van der Waals surface area (Å²) in [7, 11) is 0. The number of aryl methyl sites for hydroxylation is 2. The summed E-state index contributed by atoms with van der Waals surface area (Å²) in [5, 5.41) is 0. The second kappa shape index (κ2) is 7.60. The van der Waals surface area contributed by atoms with Crippen LogP contribution < -0.4 is 0 Å². The van der Waals surface area contributed by atoms with Gasteiger partial charge < -0.3 is 4.57 Å². The largest absolute Gasteiger partial charge is 0.326 e. The lowest BCUT2D eigenvalue weighted by molar-refractivity contribution is 0.309. The minimum Gasteiger partial charge on any atom is -0.326 e. The van der Waals surface area contributed by atoms with Gasteiger partial charge in [0.05, 0.1) is 11.2 Å². The van der Waals surface area contributed by atoms with Crippen LogP contribution in [-0.4, -0.2) is 19.5 Å². The normalized spacial score (nSPS) is 17.0. The zero-order valence-corrected chi connectivity index (χ0v) is 18.1. The lowest BCUT2D eigenvalue weighted by Crippen LogP contribution is -2.16. The second-order valence-corrected chi connectivity index (χ2v) is 9.11. The van der Waals surface area contributed by atoms with E-state index in [1.54, 1.807) is 6.07 Å². The molecule has 0 N–H and O–H groups in total. The van der Waals surface area contributed by atoms with Crippen LogP contribution in [0.2, 0.25) is 0 Å². The Hall–Kier alpha value is -2.56. The van der Waals surface area contributed by atoms with Crippen molar-refractivity contribution in [1.29, 1.82) is 0 Å². The Kier molecular flexibility index (Phi) is 4.92. The van der Waals surface area contributed by atoms with Gasteiger partial charge in [-0.05, 0) is 69.2 Å². The number of hydrogen-bond donors (Lipinski definition) is 0. The summed E-state index contributed by atoms with van der Waals surface area (Å²) in [5.74, 6) is 2.30. The maximum absolute atomic E-state index is 15.1. The van der Waals surface area contributed by atoms with Gasteiger partial charge in [-0.3, -0.25) is 0 Å². The fourth-order valence-corrected chi connectivity index (χ4v) is 4.90. The molecule has 0 atom stereocenters. The first kappa shape index (κ1) is 19.4. The van der Waals surface area contributed by atoms with Gasteiger partial charge in [0.1, 0.15) is 17.2 Å². The Bertz CT molecular complexity index is 1140. The van der Waals surface area contributed by atoms with Crippen LogP contribution in [-0.2, 0) is 12.8 Å². The average molecular weight is 405 g/mol. The molecular formula is C25H29FN4. The number of benzene rings is 1. The van der Waals surface area contributed by atoms with Crippen LogP contribution in [0.15, 0.2) is 24.4 Å². The number of rotatable bonds is 4. The van der Waals surface area contributed by atoms with Gasteiger partial charge in [-0.15, -0.1) is 0 Å². The molecule has 0 spiro atoms. The number of hydrogen-bond acceptors (Lipinski definition) is 3. The molecule has 0 saturated heterocycles. The summed E-state index contributed by atoms with van der Waals surface area (Å²) in [6.45, 7) is 6.16. The molecule has 0 aliphatic heterocycles. The summed E-state index contributed by atoms with van der Waals surface area (Å²) >= 11 is 0. The zero-order valence-electron chi connectivity index (χ0n) is 18.1. The highest BCUT2D eigenvalue weighted by Gasteiger charge is 2.22. The molecular weight excluding hydrogens is 375 g/mol. The van der Waals surface area contributed by atoms with Crippen LogP contribution >= 0.6 is 0 Å². The molecule has 2 aliphatic rings.